The lowest BCUT2D eigenvalue weighted by molar-refractivity contribution is -0.116. The summed E-state index contributed by atoms with van der Waals surface area (Å²) in [6.45, 7) is 3.60. The molecule has 1 unspecified atom stereocenters. The monoisotopic (exact) mass is 439 g/mol. The number of hydrogen-bond donors (Lipinski definition) is 1. The van der Waals surface area contributed by atoms with Crippen LogP contribution in [-0.2, 0) is 17.8 Å². The highest BCUT2D eigenvalue weighted by Gasteiger charge is 2.18. The van der Waals surface area contributed by atoms with E-state index in [9.17, 15) is 4.79 Å². The number of nitrogens with zero attached hydrogens (tertiary/aromatic N) is 2. The minimum atomic E-state index is -0.0722. The second-order valence-electron chi connectivity index (χ2n) is 7.02. The molecule has 1 N–H and O–H groups in total. The van der Waals surface area contributed by atoms with Gasteiger partial charge >= 0.3 is 0 Å². The minimum Gasteiger partial charge on any atom is -0.497 e. The van der Waals surface area contributed by atoms with Crippen LogP contribution in [0.1, 0.15) is 29.3 Å². The molecular formula is C23H25N3O2S2. The van der Waals surface area contributed by atoms with Gasteiger partial charge in [-0.25, -0.2) is 0 Å². The molecule has 0 radical (unpaired) electrons. The molecule has 0 saturated heterocycles. The van der Waals surface area contributed by atoms with Crippen molar-refractivity contribution >= 4 is 33.6 Å². The van der Waals surface area contributed by atoms with Crippen LogP contribution in [0.3, 0.4) is 0 Å². The first-order valence-electron chi connectivity index (χ1n) is 9.76. The van der Waals surface area contributed by atoms with Crippen molar-refractivity contribution in [2.75, 3.05) is 19.0 Å². The van der Waals surface area contributed by atoms with E-state index >= 15 is 0 Å². The number of ether oxygens (including phenoxy) is 1. The van der Waals surface area contributed by atoms with Gasteiger partial charge in [0.2, 0.25) is 5.91 Å². The number of anilines is 1. The largest absolute Gasteiger partial charge is 0.497 e. The van der Waals surface area contributed by atoms with Crippen LogP contribution in [0.2, 0.25) is 0 Å². The zero-order chi connectivity index (χ0) is 21.3. The lowest BCUT2D eigenvalue weighted by Gasteiger charge is -2.29. The first-order chi connectivity index (χ1) is 14.6. The Kier molecular flexibility index (Phi) is 8.03. The molecule has 0 aliphatic carbocycles. The van der Waals surface area contributed by atoms with E-state index in [1.807, 2.05) is 17.5 Å². The predicted molar refractivity (Wildman–Crippen MR) is 123 cm³/mol. The number of methoxy groups -OCH3 is 1. The number of rotatable bonds is 10. The molecule has 0 saturated carbocycles. The molecule has 0 bridgehead atoms. The molecule has 2 heterocycles. The Bertz CT molecular complexity index is 975. The highest BCUT2D eigenvalue weighted by molar-refractivity contribution is 7.14. The lowest BCUT2D eigenvalue weighted by atomic mass is 10.1. The van der Waals surface area contributed by atoms with Gasteiger partial charge in [-0.2, -0.15) is 5.26 Å². The van der Waals surface area contributed by atoms with Crippen molar-refractivity contribution in [1.29, 1.82) is 5.26 Å². The van der Waals surface area contributed by atoms with Crippen LogP contribution in [0.15, 0.2) is 53.2 Å². The van der Waals surface area contributed by atoms with Gasteiger partial charge in [0.25, 0.3) is 0 Å². The maximum atomic E-state index is 12.5. The Labute approximate surface area is 185 Å². The Hall–Kier alpha value is -2.66. The fourth-order valence-electron chi connectivity index (χ4n) is 3.20. The number of carbonyl (C=O) groups excluding carboxylic acids is 1. The predicted octanol–water partition coefficient (Wildman–Crippen LogP) is 5.15. The zero-order valence-corrected chi connectivity index (χ0v) is 18.8. The Morgan fingerprint density at radius 3 is 2.67 bits per heavy atom. The Morgan fingerprint density at radius 2 is 2.00 bits per heavy atom. The van der Waals surface area contributed by atoms with Gasteiger partial charge in [-0.15, -0.1) is 22.7 Å². The Balaban J connectivity index is 1.64. The molecule has 0 fully saturated rings. The van der Waals surface area contributed by atoms with Crippen LogP contribution < -0.4 is 10.1 Å². The van der Waals surface area contributed by atoms with E-state index < -0.39 is 0 Å². The number of benzene rings is 1. The van der Waals surface area contributed by atoms with E-state index in [1.165, 1.54) is 21.8 Å². The van der Waals surface area contributed by atoms with Crippen LogP contribution in [0.25, 0.3) is 0 Å². The molecule has 156 valence electrons. The second-order valence-corrected chi connectivity index (χ2v) is 8.97. The van der Waals surface area contributed by atoms with Gasteiger partial charge in [-0.05, 0) is 53.9 Å². The molecule has 1 aromatic carbocycles. The van der Waals surface area contributed by atoms with Gasteiger partial charge in [0.05, 0.1) is 12.7 Å². The molecule has 3 rings (SSSR count). The average molecular weight is 440 g/mol. The summed E-state index contributed by atoms with van der Waals surface area (Å²) in [5, 5.41) is 16.5. The standard InChI is InChI=1S/C23H25N3O2S2/c1-17(14-21-4-3-12-29-21)26(16-18-5-7-20(28-2)8-6-18)11-9-22(27)25-23-19(15-24)10-13-30-23/h3-8,10,12-13,17H,9,11,14,16H2,1-2H3,(H,25,27). The van der Waals surface area contributed by atoms with Gasteiger partial charge in [-0.3, -0.25) is 9.69 Å². The van der Waals surface area contributed by atoms with Crippen molar-refractivity contribution in [3.8, 4) is 11.8 Å². The van der Waals surface area contributed by atoms with Crippen LogP contribution in [-0.4, -0.2) is 30.5 Å². The van der Waals surface area contributed by atoms with Crippen molar-refractivity contribution in [3.63, 3.8) is 0 Å². The van der Waals surface area contributed by atoms with Crippen LogP contribution >= 0.6 is 22.7 Å². The molecule has 3 aromatic rings. The summed E-state index contributed by atoms with van der Waals surface area (Å²) in [4.78, 5) is 16.2. The number of nitriles is 1. The molecule has 7 heteroatoms. The zero-order valence-electron chi connectivity index (χ0n) is 17.1. The number of hydrogen-bond acceptors (Lipinski definition) is 6. The molecule has 1 amide bonds. The summed E-state index contributed by atoms with van der Waals surface area (Å²) in [6.07, 6.45) is 1.31. The smallest absolute Gasteiger partial charge is 0.226 e. The van der Waals surface area contributed by atoms with E-state index in [2.05, 4.69) is 52.9 Å². The summed E-state index contributed by atoms with van der Waals surface area (Å²) in [7, 11) is 1.66. The first-order valence-corrected chi connectivity index (χ1v) is 11.5. The third-order valence-electron chi connectivity index (χ3n) is 4.91. The number of carbonyl (C=O) groups is 1. The van der Waals surface area contributed by atoms with Gasteiger partial charge in [-0.1, -0.05) is 18.2 Å². The fraction of sp³-hybridized carbons (Fsp3) is 0.304. The van der Waals surface area contributed by atoms with Crippen LogP contribution in [0.4, 0.5) is 5.00 Å². The van der Waals surface area contributed by atoms with Gasteiger partial charge in [0, 0.05) is 30.4 Å². The summed E-state index contributed by atoms with van der Waals surface area (Å²) in [5.74, 6) is 0.762. The molecule has 2 aromatic heterocycles. The highest BCUT2D eigenvalue weighted by atomic mass is 32.1. The molecular weight excluding hydrogens is 414 g/mol. The van der Waals surface area contributed by atoms with Crippen molar-refractivity contribution in [2.24, 2.45) is 0 Å². The molecule has 30 heavy (non-hydrogen) atoms. The fourth-order valence-corrected chi connectivity index (χ4v) is 4.78. The first kappa shape index (κ1) is 22.0. The summed E-state index contributed by atoms with van der Waals surface area (Å²) < 4.78 is 5.25. The number of thiophene rings is 2. The molecule has 0 spiro atoms. The SMILES string of the molecule is COc1ccc(CN(CCC(=O)Nc2sccc2C#N)C(C)Cc2cccs2)cc1. The van der Waals surface area contributed by atoms with E-state index in [4.69, 9.17) is 10.00 Å². The van der Waals surface area contributed by atoms with E-state index in [0.717, 1.165) is 18.7 Å². The molecule has 1 atom stereocenters. The summed E-state index contributed by atoms with van der Waals surface area (Å²) in [6, 6.07) is 16.4. The van der Waals surface area contributed by atoms with E-state index in [1.54, 1.807) is 24.5 Å². The second kappa shape index (κ2) is 10.9. The maximum Gasteiger partial charge on any atom is 0.226 e. The van der Waals surface area contributed by atoms with E-state index in [-0.39, 0.29) is 11.9 Å². The molecule has 5 nitrogen and oxygen atoms in total. The van der Waals surface area contributed by atoms with Crippen molar-refractivity contribution in [2.45, 2.75) is 32.4 Å². The van der Waals surface area contributed by atoms with E-state index in [0.29, 0.717) is 23.5 Å². The van der Waals surface area contributed by atoms with Crippen molar-refractivity contribution in [1.82, 2.24) is 4.90 Å². The third-order valence-corrected chi connectivity index (χ3v) is 6.64. The van der Waals surface area contributed by atoms with Gasteiger partial charge in [0.15, 0.2) is 0 Å². The number of nitrogens with one attached hydrogen (secondary N) is 1. The molecule has 0 aliphatic rings. The third kappa shape index (κ3) is 6.17. The van der Waals surface area contributed by atoms with Crippen molar-refractivity contribution in [3.05, 3.63) is 69.2 Å². The van der Waals surface area contributed by atoms with Crippen molar-refractivity contribution < 1.29 is 9.53 Å². The topological polar surface area (TPSA) is 65.4 Å². The lowest BCUT2D eigenvalue weighted by Crippen LogP contribution is -2.36. The van der Waals surface area contributed by atoms with Gasteiger partial charge < -0.3 is 10.1 Å². The normalized spacial score (nSPS) is 11.8. The summed E-state index contributed by atoms with van der Waals surface area (Å²) in [5.41, 5.74) is 1.69. The average Bonchev–Trinajstić information content (AvgIpc) is 3.43. The highest BCUT2D eigenvalue weighted by Crippen LogP contribution is 2.23. The van der Waals surface area contributed by atoms with Crippen LogP contribution in [0.5, 0.6) is 5.75 Å². The van der Waals surface area contributed by atoms with Crippen LogP contribution in [0, 0.1) is 11.3 Å². The minimum absolute atomic E-state index is 0.0722. The van der Waals surface area contributed by atoms with Gasteiger partial charge in [0.1, 0.15) is 16.8 Å². The summed E-state index contributed by atoms with van der Waals surface area (Å²) >= 11 is 3.13. The number of amides is 1. The maximum absolute atomic E-state index is 12.5. The quantitative estimate of drug-likeness (QED) is 0.474. The Morgan fingerprint density at radius 1 is 1.20 bits per heavy atom. The molecule has 0 aliphatic heterocycles.